The largest absolute Gasteiger partial charge is 0.345 e. The summed E-state index contributed by atoms with van der Waals surface area (Å²) < 4.78 is 0. The van der Waals surface area contributed by atoms with Crippen molar-refractivity contribution in [2.45, 2.75) is 40.2 Å². The van der Waals surface area contributed by atoms with E-state index in [2.05, 4.69) is 10.3 Å². The summed E-state index contributed by atoms with van der Waals surface area (Å²) >= 11 is 0. The van der Waals surface area contributed by atoms with E-state index in [1.54, 1.807) is 6.07 Å². The Balaban J connectivity index is 2.23. The third-order valence-electron chi connectivity index (χ3n) is 3.84. The van der Waals surface area contributed by atoms with Gasteiger partial charge in [0.05, 0.1) is 17.3 Å². The number of benzene rings is 1. The Morgan fingerprint density at radius 1 is 1.13 bits per heavy atom. The first-order valence-corrected chi connectivity index (χ1v) is 7.71. The number of pyridine rings is 1. The fourth-order valence-electron chi connectivity index (χ4n) is 2.54. The molecule has 2 aromatic rings. The van der Waals surface area contributed by atoms with E-state index in [0.29, 0.717) is 17.7 Å². The Bertz CT molecular complexity index is 724. The molecule has 0 unspecified atom stereocenters. The molecule has 0 spiro atoms. The number of Topliss-reactive ketones (excluding diaryl/α,β-unsaturated/α-hetero) is 1. The highest BCUT2D eigenvalue weighted by atomic mass is 16.1. The first-order chi connectivity index (χ1) is 10.9. The van der Waals surface area contributed by atoms with Crippen molar-refractivity contribution < 1.29 is 9.59 Å². The van der Waals surface area contributed by atoms with Crippen LogP contribution in [0.3, 0.4) is 0 Å². The normalized spacial score (nSPS) is 11.8. The minimum atomic E-state index is -0.170. The van der Waals surface area contributed by atoms with Gasteiger partial charge >= 0.3 is 0 Å². The number of hydrogen-bond donors (Lipinski definition) is 1. The Morgan fingerprint density at radius 2 is 1.78 bits per heavy atom. The molecule has 23 heavy (non-hydrogen) atoms. The average molecular weight is 310 g/mol. The summed E-state index contributed by atoms with van der Waals surface area (Å²) in [5.74, 6) is -0.112. The standard InChI is InChI=1S/C19H22N2O2/c1-12(22)10-17-11-18(15(4)20-14(17)3)19(23)21-13(2)16-8-6-5-7-9-16/h5-9,11,13H,10H2,1-4H3,(H,21,23)/t13-/m0/s1. The topological polar surface area (TPSA) is 59.1 Å². The number of aromatic nitrogens is 1. The maximum atomic E-state index is 12.6. The smallest absolute Gasteiger partial charge is 0.253 e. The van der Waals surface area contributed by atoms with Crippen LogP contribution in [0, 0.1) is 13.8 Å². The molecule has 0 saturated heterocycles. The van der Waals surface area contributed by atoms with Crippen LogP contribution < -0.4 is 5.32 Å². The van der Waals surface area contributed by atoms with Crippen LogP contribution in [-0.2, 0) is 11.2 Å². The monoisotopic (exact) mass is 310 g/mol. The fourth-order valence-corrected chi connectivity index (χ4v) is 2.54. The zero-order chi connectivity index (χ0) is 17.0. The number of carbonyl (C=O) groups is 2. The summed E-state index contributed by atoms with van der Waals surface area (Å²) in [6.45, 7) is 7.16. The second-order valence-corrected chi connectivity index (χ2v) is 5.85. The van der Waals surface area contributed by atoms with E-state index in [1.807, 2.05) is 51.1 Å². The molecule has 1 amide bonds. The van der Waals surface area contributed by atoms with Gasteiger partial charge in [-0.3, -0.25) is 14.6 Å². The predicted molar refractivity (Wildman–Crippen MR) is 90.4 cm³/mol. The van der Waals surface area contributed by atoms with E-state index in [-0.39, 0.29) is 17.7 Å². The zero-order valence-electron chi connectivity index (χ0n) is 14.0. The van der Waals surface area contributed by atoms with Crippen LogP contribution in [0.15, 0.2) is 36.4 Å². The summed E-state index contributed by atoms with van der Waals surface area (Å²) in [7, 11) is 0. The summed E-state index contributed by atoms with van der Waals surface area (Å²) in [5, 5.41) is 2.99. The molecule has 0 radical (unpaired) electrons. The Labute approximate surface area is 137 Å². The van der Waals surface area contributed by atoms with Gasteiger partial charge < -0.3 is 5.32 Å². The lowest BCUT2D eigenvalue weighted by Crippen LogP contribution is -2.28. The third-order valence-corrected chi connectivity index (χ3v) is 3.84. The molecular weight excluding hydrogens is 288 g/mol. The van der Waals surface area contributed by atoms with Crippen LogP contribution in [0.25, 0.3) is 0 Å². The number of ketones is 1. The Hall–Kier alpha value is -2.49. The molecule has 1 aromatic heterocycles. The maximum Gasteiger partial charge on any atom is 0.253 e. The summed E-state index contributed by atoms with van der Waals surface area (Å²) in [6, 6.07) is 11.5. The number of aryl methyl sites for hydroxylation is 2. The molecule has 1 heterocycles. The van der Waals surface area contributed by atoms with Crippen molar-refractivity contribution in [3.8, 4) is 0 Å². The van der Waals surface area contributed by atoms with Crippen molar-refractivity contribution in [2.24, 2.45) is 0 Å². The van der Waals surface area contributed by atoms with Gasteiger partial charge in [0, 0.05) is 12.1 Å². The molecular formula is C19H22N2O2. The number of nitrogens with one attached hydrogen (secondary N) is 1. The van der Waals surface area contributed by atoms with Crippen LogP contribution in [0.5, 0.6) is 0 Å². The third kappa shape index (κ3) is 4.25. The maximum absolute atomic E-state index is 12.6. The van der Waals surface area contributed by atoms with Crippen molar-refractivity contribution in [2.75, 3.05) is 0 Å². The summed E-state index contributed by atoms with van der Waals surface area (Å²) in [6.07, 6.45) is 0.299. The minimum absolute atomic E-state index is 0.0581. The fraction of sp³-hybridized carbons (Fsp3) is 0.316. The molecule has 1 atom stereocenters. The van der Waals surface area contributed by atoms with Gasteiger partial charge in [-0.2, -0.15) is 0 Å². The van der Waals surface area contributed by atoms with Gasteiger partial charge in [0.15, 0.2) is 0 Å². The van der Waals surface area contributed by atoms with Crippen molar-refractivity contribution >= 4 is 11.7 Å². The lowest BCUT2D eigenvalue weighted by molar-refractivity contribution is -0.116. The van der Waals surface area contributed by atoms with Crippen LogP contribution in [-0.4, -0.2) is 16.7 Å². The Morgan fingerprint density at radius 3 is 2.39 bits per heavy atom. The van der Waals surface area contributed by atoms with Crippen molar-refractivity contribution in [3.05, 3.63) is 64.5 Å². The second-order valence-electron chi connectivity index (χ2n) is 5.85. The molecule has 0 aliphatic carbocycles. The number of nitrogens with zero attached hydrogens (tertiary/aromatic N) is 1. The van der Waals surface area contributed by atoms with Gasteiger partial charge in [-0.1, -0.05) is 30.3 Å². The van der Waals surface area contributed by atoms with Gasteiger partial charge in [-0.25, -0.2) is 0 Å². The van der Waals surface area contributed by atoms with Crippen LogP contribution in [0.4, 0.5) is 0 Å². The SMILES string of the molecule is CC(=O)Cc1cc(C(=O)N[C@@H](C)c2ccccc2)c(C)nc1C. The van der Waals surface area contributed by atoms with Gasteiger partial charge in [-0.15, -0.1) is 0 Å². The van der Waals surface area contributed by atoms with Gasteiger partial charge in [0.2, 0.25) is 0 Å². The summed E-state index contributed by atoms with van der Waals surface area (Å²) in [4.78, 5) is 28.3. The lowest BCUT2D eigenvalue weighted by Gasteiger charge is -2.16. The minimum Gasteiger partial charge on any atom is -0.345 e. The van der Waals surface area contributed by atoms with Crippen molar-refractivity contribution in [1.82, 2.24) is 10.3 Å². The van der Waals surface area contributed by atoms with E-state index in [1.165, 1.54) is 6.92 Å². The number of carbonyl (C=O) groups excluding carboxylic acids is 2. The number of hydrogen-bond acceptors (Lipinski definition) is 3. The molecule has 120 valence electrons. The molecule has 1 aromatic carbocycles. The van der Waals surface area contributed by atoms with E-state index < -0.39 is 0 Å². The molecule has 4 heteroatoms. The summed E-state index contributed by atoms with van der Waals surface area (Å²) in [5.41, 5.74) is 3.84. The van der Waals surface area contributed by atoms with E-state index in [0.717, 1.165) is 16.8 Å². The van der Waals surface area contributed by atoms with Gasteiger partial charge in [0.1, 0.15) is 5.78 Å². The van der Waals surface area contributed by atoms with Crippen LogP contribution in [0.2, 0.25) is 0 Å². The molecule has 0 saturated carbocycles. The highest BCUT2D eigenvalue weighted by Crippen LogP contribution is 2.16. The zero-order valence-corrected chi connectivity index (χ0v) is 14.0. The van der Waals surface area contributed by atoms with E-state index in [9.17, 15) is 9.59 Å². The number of amides is 1. The van der Waals surface area contributed by atoms with Crippen LogP contribution in [0.1, 0.15) is 52.8 Å². The van der Waals surface area contributed by atoms with Gasteiger partial charge in [-0.05, 0) is 44.9 Å². The first kappa shape index (κ1) is 16.9. The molecule has 0 aliphatic heterocycles. The predicted octanol–water partition coefficient (Wildman–Crippen LogP) is 3.32. The first-order valence-electron chi connectivity index (χ1n) is 7.71. The highest BCUT2D eigenvalue weighted by Gasteiger charge is 2.16. The van der Waals surface area contributed by atoms with E-state index in [4.69, 9.17) is 0 Å². The van der Waals surface area contributed by atoms with Crippen molar-refractivity contribution in [3.63, 3.8) is 0 Å². The molecule has 0 fully saturated rings. The van der Waals surface area contributed by atoms with Crippen molar-refractivity contribution in [1.29, 1.82) is 0 Å². The van der Waals surface area contributed by atoms with E-state index >= 15 is 0 Å². The molecule has 0 bridgehead atoms. The molecule has 2 rings (SSSR count). The second kappa shape index (κ2) is 7.18. The molecule has 4 nitrogen and oxygen atoms in total. The Kier molecular flexibility index (Phi) is 5.27. The highest BCUT2D eigenvalue weighted by molar-refractivity contribution is 5.96. The number of rotatable bonds is 5. The van der Waals surface area contributed by atoms with Crippen LogP contribution >= 0.6 is 0 Å². The van der Waals surface area contributed by atoms with Gasteiger partial charge in [0.25, 0.3) is 5.91 Å². The quantitative estimate of drug-likeness (QED) is 0.921. The molecule has 0 aliphatic rings. The lowest BCUT2D eigenvalue weighted by atomic mass is 10.0. The molecule has 1 N–H and O–H groups in total. The average Bonchev–Trinajstić information content (AvgIpc) is 2.50.